The Morgan fingerprint density at radius 2 is 1.80 bits per heavy atom. The highest BCUT2D eigenvalue weighted by Gasteiger charge is 2.49. The third kappa shape index (κ3) is 9.55. The molecular formula is C42H52BrN7O10. The number of hydrogen-bond donors (Lipinski definition) is 6. The number of nitrogens with one attached hydrogen (secondary N) is 4. The van der Waals surface area contributed by atoms with Crippen molar-refractivity contribution in [1.29, 1.82) is 0 Å². The quantitative estimate of drug-likeness (QED) is 0.0386. The average molecular weight is 895 g/mol. The number of ether oxygens (including phenoxy) is 2. The number of carboxylic acid groups (broad SMARTS) is 1. The largest absolute Gasteiger partial charge is 0.481 e. The molecule has 17 nitrogen and oxygen atoms in total. The fourth-order valence-corrected chi connectivity index (χ4v) is 8.90. The van der Waals surface area contributed by atoms with Crippen LogP contribution in [0, 0.1) is 11.3 Å². The van der Waals surface area contributed by atoms with E-state index in [4.69, 9.17) is 25.4 Å². The second kappa shape index (κ2) is 18.6. The Morgan fingerprint density at radius 1 is 1.05 bits per heavy atom. The Hall–Kier alpha value is -5.20. The summed E-state index contributed by atoms with van der Waals surface area (Å²) in [4.78, 5) is 97.2. The number of nitrogens with two attached hydrogens (primary N) is 1. The molecule has 1 fully saturated rings. The van der Waals surface area contributed by atoms with Gasteiger partial charge in [-0.25, -0.2) is 9.78 Å². The molecule has 1 aromatic carbocycles. The van der Waals surface area contributed by atoms with E-state index < -0.39 is 65.1 Å². The van der Waals surface area contributed by atoms with Crippen LogP contribution in [-0.4, -0.2) is 75.5 Å². The van der Waals surface area contributed by atoms with Gasteiger partial charge in [0.25, 0.3) is 5.56 Å². The molecule has 1 saturated carbocycles. The van der Waals surface area contributed by atoms with Crippen LogP contribution in [0.2, 0.25) is 0 Å². The molecule has 3 amide bonds. The lowest BCUT2D eigenvalue weighted by atomic mass is 9.71. The molecule has 4 heterocycles. The van der Waals surface area contributed by atoms with Crippen LogP contribution in [0.1, 0.15) is 102 Å². The number of fused-ring (bicyclic) bond motifs is 5. The summed E-state index contributed by atoms with van der Waals surface area (Å²) in [7, 11) is 0. The van der Waals surface area contributed by atoms with Gasteiger partial charge in [0.1, 0.15) is 18.7 Å². The van der Waals surface area contributed by atoms with Crippen LogP contribution in [-0.2, 0) is 57.0 Å². The molecule has 2 aromatic heterocycles. The van der Waals surface area contributed by atoms with E-state index >= 15 is 0 Å². The van der Waals surface area contributed by atoms with Crippen LogP contribution >= 0.6 is 15.9 Å². The van der Waals surface area contributed by atoms with Gasteiger partial charge in [0.2, 0.25) is 23.3 Å². The van der Waals surface area contributed by atoms with Crippen LogP contribution in [0.3, 0.4) is 0 Å². The molecule has 3 aromatic rings. The fourth-order valence-electron chi connectivity index (χ4n) is 8.43. The van der Waals surface area contributed by atoms with Crippen LogP contribution in [0.4, 0.5) is 0 Å². The fraction of sp³-hybridized carbons (Fsp3) is 0.524. The minimum absolute atomic E-state index is 0.0705. The highest BCUT2D eigenvalue weighted by atomic mass is 79.9. The normalized spacial score (nSPS) is 18.7. The lowest BCUT2D eigenvalue weighted by Gasteiger charge is -2.39. The van der Waals surface area contributed by atoms with Crippen LogP contribution in [0.25, 0.3) is 22.3 Å². The second-order valence-corrected chi connectivity index (χ2v) is 17.3. The topological polar surface area (TPSA) is 250 Å². The van der Waals surface area contributed by atoms with Gasteiger partial charge in [-0.3, -0.25) is 40.0 Å². The highest BCUT2D eigenvalue weighted by molar-refractivity contribution is 9.10. The number of halogens is 1. The Kier molecular flexibility index (Phi) is 13.7. The molecule has 0 saturated heterocycles. The molecule has 0 radical (unpaired) electrons. The summed E-state index contributed by atoms with van der Waals surface area (Å²) in [5.41, 5.74) is 2.58. The molecule has 0 spiro atoms. The van der Waals surface area contributed by atoms with Gasteiger partial charge in [-0.1, -0.05) is 55.1 Å². The third-order valence-corrected chi connectivity index (χ3v) is 12.5. The predicted octanol–water partition coefficient (Wildman–Crippen LogP) is 3.19. The van der Waals surface area contributed by atoms with E-state index in [2.05, 4.69) is 37.3 Å². The number of benzene rings is 1. The van der Waals surface area contributed by atoms with Gasteiger partial charge in [0.15, 0.2) is 0 Å². The van der Waals surface area contributed by atoms with E-state index in [1.165, 1.54) is 6.92 Å². The van der Waals surface area contributed by atoms with Gasteiger partial charge >= 0.3 is 17.9 Å². The minimum atomic E-state index is -1.94. The van der Waals surface area contributed by atoms with Gasteiger partial charge in [0, 0.05) is 40.5 Å². The number of aromatic nitrogens is 2. The summed E-state index contributed by atoms with van der Waals surface area (Å²) in [5.74, 6) is 0.716. The Bertz CT molecular complexity index is 2260. The van der Waals surface area contributed by atoms with Gasteiger partial charge in [0.05, 0.1) is 41.9 Å². The zero-order valence-electron chi connectivity index (χ0n) is 34.0. The van der Waals surface area contributed by atoms with Crippen molar-refractivity contribution < 1.29 is 43.3 Å². The maximum absolute atomic E-state index is 14.1. The molecule has 0 unspecified atom stereocenters. The Balaban J connectivity index is 1.19. The first kappa shape index (κ1) is 44.4. The predicted molar refractivity (Wildman–Crippen MR) is 222 cm³/mol. The van der Waals surface area contributed by atoms with E-state index in [9.17, 15) is 33.6 Å². The lowest BCUT2D eigenvalue weighted by Crippen LogP contribution is -2.56. The van der Waals surface area contributed by atoms with Gasteiger partial charge in [-0.05, 0) is 68.2 Å². The number of carboxylic acids is 1. The first-order chi connectivity index (χ1) is 28.6. The number of aliphatic carboxylic acids is 1. The molecule has 60 heavy (non-hydrogen) atoms. The van der Waals surface area contributed by atoms with Crippen LogP contribution in [0.5, 0.6) is 0 Å². The van der Waals surface area contributed by atoms with Crippen molar-refractivity contribution in [2.75, 3.05) is 13.1 Å². The second-order valence-electron chi connectivity index (χ2n) is 16.5. The van der Waals surface area contributed by atoms with Gasteiger partial charge in [-0.15, -0.1) is 0 Å². The molecule has 18 heteroatoms. The number of pyridine rings is 2. The maximum atomic E-state index is 14.1. The number of rotatable bonds is 17. The summed E-state index contributed by atoms with van der Waals surface area (Å²) in [5, 5.41) is 18.2. The van der Waals surface area contributed by atoms with E-state index in [1.54, 1.807) is 24.5 Å². The van der Waals surface area contributed by atoms with Crippen molar-refractivity contribution in [3.8, 4) is 11.4 Å². The number of esters is 2. The van der Waals surface area contributed by atoms with E-state index in [0.717, 1.165) is 40.2 Å². The number of amides is 3. The Labute approximate surface area is 355 Å². The molecule has 7 N–H and O–H groups in total. The molecule has 1 aliphatic carbocycles. The van der Waals surface area contributed by atoms with E-state index in [0.29, 0.717) is 37.2 Å². The number of hydrogen-bond acceptors (Lipinski definition) is 12. The number of nitrogens with zero attached hydrogens (tertiary/aromatic N) is 2. The van der Waals surface area contributed by atoms with Crippen molar-refractivity contribution in [3.05, 3.63) is 61.8 Å². The Morgan fingerprint density at radius 3 is 2.50 bits per heavy atom. The number of carbonyl (C=O) groups is 6. The molecule has 6 rings (SSSR count). The number of cyclic esters (lactones) is 1. The molecule has 3 aliphatic rings. The summed E-state index contributed by atoms with van der Waals surface area (Å²) in [6, 6.07) is 7.29. The molecule has 2 aliphatic heterocycles. The van der Waals surface area contributed by atoms with E-state index in [-0.39, 0.29) is 61.6 Å². The van der Waals surface area contributed by atoms with Crippen LogP contribution < -0.4 is 32.8 Å². The van der Waals surface area contributed by atoms with Crippen molar-refractivity contribution in [3.63, 3.8) is 0 Å². The summed E-state index contributed by atoms with van der Waals surface area (Å²) in [6.45, 7) is 5.29. The monoisotopic (exact) mass is 893 g/mol. The first-order valence-corrected chi connectivity index (χ1v) is 21.1. The number of hydrazine groups is 1. The van der Waals surface area contributed by atoms with Crippen molar-refractivity contribution in [2.45, 2.75) is 116 Å². The molecule has 0 bridgehead atoms. The summed E-state index contributed by atoms with van der Waals surface area (Å²) in [6.07, 6.45) is 3.42. The smallest absolute Gasteiger partial charge is 0.355 e. The lowest BCUT2D eigenvalue weighted by molar-refractivity contribution is -0.188. The van der Waals surface area contributed by atoms with Crippen molar-refractivity contribution >= 4 is 62.5 Å². The molecule has 322 valence electrons. The summed E-state index contributed by atoms with van der Waals surface area (Å²) >= 11 is 3.58. The molecule has 3 atom stereocenters. The molecular weight excluding hydrogens is 842 g/mol. The highest BCUT2D eigenvalue weighted by Crippen LogP contribution is 2.43. The zero-order chi connectivity index (χ0) is 43.4. The van der Waals surface area contributed by atoms with Crippen LogP contribution in [0.15, 0.2) is 39.6 Å². The SMILES string of the molecule is CC(C)[C@H](NC(=O)CCC(=O)O)C(=O)N[C@@H](CCCNN)C(=O)NCC1(CC(=O)O[C@]2(C)C(=O)OCc3c2cc2n(c3=O)Cc3cc4c(Br)cccc4nc3-2)CCCCC1. The third-order valence-electron chi connectivity index (χ3n) is 11.8. The minimum Gasteiger partial charge on any atom is -0.481 e. The van der Waals surface area contributed by atoms with E-state index in [1.807, 2.05) is 24.3 Å². The van der Waals surface area contributed by atoms with Gasteiger partial charge < -0.3 is 35.1 Å². The average Bonchev–Trinajstić information content (AvgIpc) is 3.57. The van der Waals surface area contributed by atoms with Crippen molar-refractivity contribution in [2.24, 2.45) is 17.2 Å². The van der Waals surface area contributed by atoms with Gasteiger partial charge in [-0.2, -0.15) is 0 Å². The standard InChI is InChI=1S/C42H52BrN7O10/c1-23(2)35(49-32(51)12-13-33(52)53)38(56)48-30(11-8-16-46-44)37(55)45-22-42(14-5-4-6-15-42)19-34(54)60-41(3)27-18-31-36-24(17-25-28(43)9-7-10-29(25)47-36)20-50(31)39(57)26(27)21-59-40(41)58/h7,9-10,17-18,23,30,35,46H,4-6,8,11-16,19-22,44H2,1-3H3,(H,45,55)(H,48,56)(H,49,51)(H,52,53)/t30-,35-,41-/m0/s1. The maximum Gasteiger partial charge on any atom is 0.355 e. The summed E-state index contributed by atoms with van der Waals surface area (Å²) < 4.78 is 14.0. The first-order valence-electron chi connectivity index (χ1n) is 20.3. The zero-order valence-corrected chi connectivity index (χ0v) is 35.6. The number of carbonyl (C=O) groups excluding carboxylic acids is 5. The van der Waals surface area contributed by atoms with Crippen molar-refractivity contribution in [1.82, 2.24) is 30.9 Å².